The number of amides is 2. The van der Waals surface area contributed by atoms with Crippen molar-refractivity contribution in [3.63, 3.8) is 0 Å². The molecule has 33 heavy (non-hydrogen) atoms. The largest absolute Gasteiger partial charge is 0.392 e. The molecule has 0 radical (unpaired) electrons. The lowest BCUT2D eigenvalue weighted by atomic mass is 9.81. The number of benzene rings is 1. The second kappa shape index (κ2) is 7.47. The highest BCUT2D eigenvalue weighted by molar-refractivity contribution is 9.10. The summed E-state index contributed by atoms with van der Waals surface area (Å²) in [7, 11) is 2.56. The third-order valence-electron chi connectivity index (χ3n) is 6.19. The number of nitrogens with one attached hydrogen (secondary N) is 1. The summed E-state index contributed by atoms with van der Waals surface area (Å²) >= 11 is 3.25. The molecule has 3 N–H and O–H groups in total. The molecule has 1 aromatic carbocycles. The summed E-state index contributed by atoms with van der Waals surface area (Å²) in [6.07, 6.45) is -1.91. The number of Topliss-reactive ketones (excluding diaryl/α,β-unsaturated/α-hetero) is 1. The van der Waals surface area contributed by atoms with Gasteiger partial charge in [0, 0.05) is 37.1 Å². The van der Waals surface area contributed by atoms with Crippen LogP contribution in [0.25, 0.3) is 0 Å². The minimum Gasteiger partial charge on any atom is -0.392 e. The summed E-state index contributed by atoms with van der Waals surface area (Å²) in [6, 6.07) is 5.94. The number of rotatable bonds is 4. The van der Waals surface area contributed by atoms with E-state index in [9.17, 15) is 34.2 Å². The average Bonchev–Trinajstić information content (AvgIpc) is 3.17. The Morgan fingerprint density at radius 3 is 2.33 bits per heavy atom. The molecule has 3 atom stereocenters. The molecule has 11 nitrogen and oxygen atoms in total. The van der Waals surface area contributed by atoms with Crippen LogP contribution >= 0.6 is 15.9 Å². The molecular formula is C21H21BrN4O7. The fourth-order valence-electron chi connectivity index (χ4n) is 4.57. The first-order valence-electron chi connectivity index (χ1n) is 10.0. The van der Waals surface area contributed by atoms with Gasteiger partial charge in [-0.2, -0.15) is 0 Å². The van der Waals surface area contributed by atoms with E-state index in [0.29, 0.717) is 4.47 Å². The Morgan fingerprint density at radius 1 is 1.15 bits per heavy atom. The predicted octanol–water partition coefficient (Wildman–Crippen LogP) is -0.779. The molecule has 3 heterocycles. The maximum Gasteiger partial charge on any atom is 0.332 e. The highest BCUT2D eigenvalue weighted by Gasteiger charge is 2.70. The van der Waals surface area contributed by atoms with E-state index >= 15 is 0 Å². The average molecular weight is 521 g/mol. The fourth-order valence-corrected chi connectivity index (χ4v) is 4.84. The first kappa shape index (κ1) is 23.1. The summed E-state index contributed by atoms with van der Waals surface area (Å²) in [5.74, 6) is -3.05. The zero-order valence-electron chi connectivity index (χ0n) is 18.0. The van der Waals surface area contributed by atoms with Gasteiger partial charge >= 0.3 is 5.69 Å². The molecule has 2 aromatic rings. The fraction of sp³-hybridized carbons (Fsp3) is 0.381. The third-order valence-corrected chi connectivity index (χ3v) is 6.71. The first-order valence-corrected chi connectivity index (χ1v) is 10.8. The van der Waals surface area contributed by atoms with Gasteiger partial charge < -0.3 is 20.4 Å². The van der Waals surface area contributed by atoms with Crippen molar-refractivity contribution in [2.24, 2.45) is 14.1 Å². The van der Waals surface area contributed by atoms with Crippen LogP contribution in [0.4, 0.5) is 5.82 Å². The van der Waals surface area contributed by atoms with Crippen LogP contribution in [0.5, 0.6) is 0 Å². The second-order valence-corrected chi connectivity index (χ2v) is 9.30. The maximum atomic E-state index is 13.5. The lowest BCUT2D eigenvalue weighted by molar-refractivity contribution is -0.145. The smallest absolute Gasteiger partial charge is 0.332 e. The van der Waals surface area contributed by atoms with Crippen LogP contribution in [0.2, 0.25) is 0 Å². The van der Waals surface area contributed by atoms with Crippen molar-refractivity contribution in [2.45, 2.75) is 30.6 Å². The molecule has 4 rings (SSSR count). The minimum absolute atomic E-state index is 0.0232. The summed E-state index contributed by atoms with van der Waals surface area (Å²) in [5.41, 5.74) is -6.55. The quantitative estimate of drug-likeness (QED) is 0.353. The molecule has 1 fully saturated rings. The van der Waals surface area contributed by atoms with Crippen molar-refractivity contribution in [3.05, 3.63) is 60.7 Å². The highest BCUT2D eigenvalue weighted by atomic mass is 79.9. The Morgan fingerprint density at radius 2 is 1.76 bits per heavy atom. The van der Waals surface area contributed by atoms with Gasteiger partial charge in [0.15, 0.2) is 5.54 Å². The molecule has 2 aliphatic rings. The number of fused-ring (bicyclic) bond motifs is 2. The molecule has 1 saturated heterocycles. The Kier molecular flexibility index (Phi) is 5.22. The number of aliphatic hydroxyl groups excluding tert-OH is 1. The zero-order valence-corrected chi connectivity index (χ0v) is 19.5. The number of carbonyl (C=O) groups excluding carboxylic acids is 3. The highest BCUT2D eigenvalue weighted by Crippen LogP contribution is 2.50. The van der Waals surface area contributed by atoms with E-state index in [4.69, 9.17) is 0 Å². The number of nitrogens with zero attached hydrogens (tertiary/aromatic N) is 3. The summed E-state index contributed by atoms with van der Waals surface area (Å²) in [6.45, 7) is 0.926. The number of anilines is 1. The molecule has 1 aromatic heterocycles. The van der Waals surface area contributed by atoms with E-state index in [1.807, 2.05) is 0 Å². The van der Waals surface area contributed by atoms with Gasteiger partial charge in [-0.25, -0.2) is 4.79 Å². The molecular weight excluding hydrogens is 500 g/mol. The molecule has 174 valence electrons. The van der Waals surface area contributed by atoms with E-state index in [-0.39, 0.29) is 16.9 Å². The van der Waals surface area contributed by atoms with Gasteiger partial charge in [0.05, 0.1) is 11.7 Å². The minimum atomic E-state index is -2.68. The van der Waals surface area contributed by atoms with E-state index in [1.54, 1.807) is 12.1 Å². The van der Waals surface area contributed by atoms with E-state index < -0.39 is 59.1 Å². The van der Waals surface area contributed by atoms with Gasteiger partial charge in [0.1, 0.15) is 5.82 Å². The van der Waals surface area contributed by atoms with Crippen molar-refractivity contribution in [3.8, 4) is 0 Å². The summed E-state index contributed by atoms with van der Waals surface area (Å²) in [5, 5.41) is 23.9. The molecule has 0 saturated carbocycles. The Bertz CT molecular complexity index is 1330. The number of carbonyl (C=O) groups is 3. The number of β-amino-alcohol motifs (C(OH)–C–C–N with tert-alkyl or cyclic N) is 1. The van der Waals surface area contributed by atoms with Crippen LogP contribution < -0.4 is 16.6 Å². The second-order valence-electron chi connectivity index (χ2n) is 8.38. The van der Waals surface area contributed by atoms with Crippen molar-refractivity contribution in [1.29, 1.82) is 0 Å². The molecule has 2 aliphatic heterocycles. The van der Waals surface area contributed by atoms with Gasteiger partial charge in [-0.15, -0.1) is 0 Å². The van der Waals surface area contributed by atoms with Gasteiger partial charge in [-0.05, 0) is 19.1 Å². The van der Waals surface area contributed by atoms with Gasteiger partial charge in [0.25, 0.3) is 17.4 Å². The van der Waals surface area contributed by atoms with Crippen molar-refractivity contribution in [1.82, 2.24) is 14.0 Å². The van der Waals surface area contributed by atoms with E-state index in [0.717, 1.165) is 14.0 Å². The van der Waals surface area contributed by atoms with Crippen LogP contribution in [0.3, 0.4) is 0 Å². The van der Waals surface area contributed by atoms with Crippen LogP contribution in [-0.2, 0) is 29.2 Å². The third kappa shape index (κ3) is 3.05. The molecule has 0 aliphatic carbocycles. The van der Waals surface area contributed by atoms with E-state index in [1.165, 1.54) is 33.2 Å². The molecule has 1 spiro atoms. The molecule has 2 amide bonds. The molecule has 3 unspecified atom stereocenters. The van der Waals surface area contributed by atoms with Crippen LogP contribution in [0.15, 0.2) is 38.3 Å². The molecule has 12 heteroatoms. The SMILES string of the molecule is CC(O)CN1C(=O)C(O)(C(=O)c2ccc(Br)cc2)CC12C(=O)Nc1c2c(=O)n(C)c(=O)n1C. The Labute approximate surface area is 195 Å². The molecule has 0 bridgehead atoms. The number of ketones is 1. The zero-order chi connectivity index (χ0) is 24.5. The first-order chi connectivity index (χ1) is 15.4. The topological polar surface area (TPSA) is 151 Å². The number of aromatic nitrogens is 2. The van der Waals surface area contributed by atoms with Crippen molar-refractivity contribution in [2.75, 3.05) is 11.9 Å². The van der Waals surface area contributed by atoms with Crippen LogP contribution in [0, 0.1) is 0 Å². The number of hydrogen-bond acceptors (Lipinski definition) is 7. The lowest BCUT2D eigenvalue weighted by Crippen LogP contribution is -2.54. The standard InChI is InChI=1S/C21H21BrN4O7/c1-10(27)8-26-18(31)21(33,14(28)11-4-6-12(22)7-5-11)9-20(26)13-15(23-17(20)30)24(2)19(32)25(3)16(13)29/h4-7,10,27,33H,8-9H2,1-3H3,(H,23,30). The predicted molar refractivity (Wildman–Crippen MR) is 119 cm³/mol. The summed E-state index contributed by atoms with van der Waals surface area (Å²) < 4.78 is 2.49. The van der Waals surface area contributed by atoms with Gasteiger partial charge in [-0.3, -0.25) is 28.3 Å². The van der Waals surface area contributed by atoms with E-state index in [2.05, 4.69) is 21.2 Å². The normalized spacial score (nSPS) is 24.8. The summed E-state index contributed by atoms with van der Waals surface area (Å²) in [4.78, 5) is 66.5. The van der Waals surface area contributed by atoms with Gasteiger partial charge in [0.2, 0.25) is 11.4 Å². The van der Waals surface area contributed by atoms with Crippen LogP contribution in [0.1, 0.15) is 29.3 Å². The monoisotopic (exact) mass is 520 g/mol. The van der Waals surface area contributed by atoms with Crippen LogP contribution in [-0.4, -0.2) is 60.1 Å². The lowest BCUT2D eigenvalue weighted by Gasteiger charge is -2.33. The van der Waals surface area contributed by atoms with Crippen molar-refractivity contribution < 1.29 is 24.6 Å². The Balaban J connectivity index is 1.98. The Hall–Kier alpha value is -3.09. The maximum absolute atomic E-state index is 13.5. The number of aliphatic hydroxyl groups is 2. The number of likely N-dealkylation sites (tertiary alicyclic amines) is 1. The number of hydrogen-bond donors (Lipinski definition) is 3. The van der Waals surface area contributed by atoms with Crippen molar-refractivity contribution >= 4 is 39.3 Å². The van der Waals surface area contributed by atoms with Gasteiger partial charge in [-0.1, -0.05) is 28.1 Å². The number of halogens is 1.